The van der Waals surface area contributed by atoms with Crippen molar-refractivity contribution in [3.63, 3.8) is 0 Å². The number of nitrogens with one attached hydrogen (secondary N) is 2. The predicted octanol–water partition coefficient (Wildman–Crippen LogP) is 0.0338. The van der Waals surface area contributed by atoms with Gasteiger partial charge < -0.3 is 21.3 Å². The van der Waals surface area contributed by atoms with Crippen LogP contribution in [0.2, 0.25) is 0 Å². The number of carbonyl (C=O) groups excluding carboxylic acids is 2. The highest BCUT2D eigenvalue weighted by atomic mass is 16.2. The molecule has 4 unspecified atom stereocenters. The number of rotatable bonds is 3. The van der Waals surface area contributed by atoms with Crippen molar-refractivity contribution in [1.82, 2.24) is 15.5 Å². The molecule has 4 N–H and O–H groups in total. The summed E-state index contributed by atoms with van der Waals surface area (Å²) >= 11 is 0. The van der Waals surface area contributed by atoms with Gasteiger partial charge in [0.2, 0.25) is 5.91 Å². The Morgan fingerprint density at radius 3 is 2.80 bits per heavy atom. The van der Waals surface area contributed by atoms with Crippen molar-refractivity contribution in [1.29, 1.82) is 0 Å². The number of carbonyl (C=O) groups is 2. The van der Waals surface area contributed by atoms with Gasteiger partial charge in [0.05, 0.1) is 5.92 Å². The fraction of sp³-hybridized carbons (Fsp3) is 0.857. The number of primary amides is 1. The van der Waals surface area contributed by atoms with Crippen molar-refractivity contribution in [3.05, 3.63) is 0 Å². The van der Waals surface area contributed by atoms with Crippen molar-refractivity contribution in [2.45, 2.75) is 44.2 Å². The molecule has 3 aliphatic heterocycles. The van der Waals surface area contributed by atoms with Crippen LogP contribution in [0.15, 0.2) is 0 Å². The van der Waals surface area contributed by atoms with E-state index in [1.54, 1.807) is 0 Å². The molecule has 3 rings (SSSR count). The number of fused-ring (bicyclic) bond motifs is 2. The average Bonchev–Trinajstić information content (AvgIpc) is 3.07. The molecule has 0 radical (unpaired) electrons. The molecule has 3 aliphatic rings. The van der Waals surface area contributed by atoms with E-state index in [4.69, 9.17) is 5.73 Å². The topological polar surface area (TPSA) is 87.5 Å². The molecule has 3 fully saturated rings. The van der Waals surface area contributed by atoms with Gasteiger partial charge in [-0.25, -0.2) is 4.79 Å². The first-order chi connectivity index (χ1) is 9.63. The second-order valence-electron chi connectivity index (χ2n) is 6.43. The lowest BCUT2D eigenvalue weighted by atomic mass is 9.87. The average molecular weight is 280 g/mol. The van der Waals surface area contributed by atoms with E-state index in [2.05, 4.69) is 10.6 Å². The molecule has 0 aromatic carbocycles. The van der Waals surface area contributed by atoms with Crippen LogP contribution in [-0.4, -0.2) is 48.6 Å². The standard InChI is InChI=1S/C14H24N4O2/c15-14(20)16-7-9-2-1-5-18(8-9)13(19)11-6-10-3-4-12(11)17-10/h9-12,17H,1-8H2,(H3,15,16,20). The third-order valence-corrected chi connectivity index (χ3v) is 5.01. The van der Waals surface area contributed by atoms with E-state index >= 15 is 0 Å². The molecule has 3 heterocycles. The van der Waals surface area contributed by atoms with Crippen LogP contribution in [0.3, 0.4) is 0 Å². The van der Waals surface area contributed by atoms with Crippen LogP contribution in [0.25, 0.3) is 0 Å². The maximum absolute atomic E-state index is 12.6. The molecule has 0 aromatic rings. The van der Waals surface area contributed by atoms with Crippen molar-refractivity contribution >= 4 is 11.9 Å². The third kappa shape index (κ3) is 2.75. The second kappa shape index (κ2) is 5.60. The fourth-order valence-corrected chi connectivity index (χ4v) is 4.01. The molecule has 6 nitrogen and oxygen atoms in total. The predicted molar refractivity (Wildman–Crippen MR) is 74.9 cm³/mol. The molecule has 6 heteroatoms. The summed E-state index contributed by atoms with van der Waals surface area (Å²) in [6.45, 7) is 2.20. The number of urea groups is 1. The van der Waals surface area contributed by atoms with Crippen LogP contribution >= 0.6 is 0 Å². The second-order valence-corrected chi connectivity index (χ2v) is 6.43. The number of hydrogen-bond donors (Lipinski definition) is 3. The molecule has 112 valence electrons. The Bertz CT molecular complexity index is 401. The lowest BCUT2D eigenvalue weighted by Gasteiger charge is -2.35. The van der Waals surface area contributed by atoms with E-state index in [1.165, 1.54) is 6.42 Å². The number of nitrogens with zero attached hydrogens (tertiary/aromatic N) is 1. The molecule has 4 atom stereocenters. The molecular weight excluding hydrogens is 256 g/mol. The number of nitrogens with two attached hydrogens (primary N) is 1. The maximum Gasteiger partial charge on any atom is 0.312 e. The zero-order chi connectivity index (χ0) is 14.1. The Balaban J connectivity index is 1.54. The van der Waals surface area contributed by atoms with Gasteiger partial charge >= 0.3 is 6.03 Å². The molecule has 0 aliphatic carbocycles. The summed E-state index contributed by atoms with van der Waals surface area (Å²) in [5.41, 5.74) is 5.11. The number of amides is 3. The summed E-state index contributed by atoms with van der Waals surface area (Å²) in [6.07, 6.45) is 5.44. The fourth-order valence-electron chi connectivity index (χ4n) is 4.01. The van der Waals surface area contributed by atoms with Gasteiger partial charge in [-0.3, -0.25) is 4.79 Å². The van der Waals surface area contributed by atoms with E-state index in [0.29, 0.717) is 30.5 Å². The lowest BCUT2D eigenvalue weighted by molar-refractivity contribution is -0.138. The van der Waals surface area contributed by atoms with Crippen LogP contribution in [0.4, 0.5) is 4.79 Å². The first kappa shape index (κ1) is 13.7. The molecule has 0 spiro atoms. The Labute approximate surface area is 119 Å². The van der Waals surface area contributed by atoms with E-state index in [0.717, 1.165) is 38.8 Å². The van der Waals surface area contributed by atoms with Gasteiger partial charge in [-0.15, -0.1) is 0 Å². The Hall–Kier alpha value is -1.30. The van der Waals surface area contributed by atoms with E-state index in [1.807, 2.05) is 4.90 Å². The number of hydrogen-bond acceptors (Lipinski definition) is 3. The van der Waals surface area contributed by atoms with Gasteiger partial charge in [-0.1, -0.05) is 0 Å². The molecule has 0 aromatic heterocycles. The first-order valence-corrected chi connectivity index (χ1v) is 7.71. The smallest absolute Gasteiger partial charge is 0.312 e. The molecule has 0 saturated carbocycles. The minimum Gasteiger partial charge on any atom is -0.352 e. The summed E-state index contributed by atoms with van der Waals surface area (Å²) in [4.78, 5) is 25.4. The van der Waals surface area contributed by atoms with Crippen molar-refractivity contribution < 1.29 is 9.59 Å². The molecule has 2 bridgehead atoms. The Morgan fingerprint density at radius 1 is 1.30 bits per heavy atom. The minimum absolute atomic E-state index is 0.177. The zero-order valence-electron chi connectivity index (χ0n) is 11.8. The van der Waals surface area contributed by atoms with Crippen LogP contribution in [0.1, 0.15) is 32.1 Å². The monoisotopic (exact) mass is 280 g/mol. The maximum atomic E-state index is 12.6. The highest BCUT2D eigenvalue weighted by Gasteiger charge is 2.44. The molecule has 20 heavy (non-hydrogen) atoms. The van der Waals surface area contributed by atoms with Gasteiger partial charge in [0, 0.05) is 31.7 Å². The molecule has 3 saturated heterocycles. The van der Waals surface area contributed by atoms with E-state index in [9.17, 15) is 9.59 Å². The first-order valence-electron chi connectivity index (χ1n) is 7.71. The lowest BCUT2D eigenvalue weighted by Crippen LogP contribution is -2.48. The SMILES string of the molecule is NC(=O)NCC1CCCN(C(=O)C2CC3CCC2N3)C1. The summed E-state index contributed by atoms with van der Waals surface area (Å²) < 4.78 is 0. The highest BCUT2D eigenvalue weighted by Crippen LogP contribution is 2.35. The summed E-state index contributed by atoms with van der Waals surface area (Å²) in [5.74, 6) is 0.830. The summed E-state index contributed by atoms with van der Waals surface area (Å²) in [5, 5.41) is 6.19. The third-order valence-electron chi connectivity index (χ3n) is 5.01. The van der Waals surface area contributed by atoms with Crippen LogP contribution < -0.4 is 16.4 Å². The van der Waals surface area contributed by atoms with Gasteiger partial charge in [0.15, 0.2) is 0 Å². The molecule has 3 amide bonds. The van der Waals surface area contributed by atoms with Crippen LogP contribution in [0, 0.1) is 11.8 Å². The minimum atomic E-state index is -0.481. The van der Waals surface area contributed by atoms with Gasteiger partial charge in [-0.2, -0.15) is 0 Å². The van der Waals surface area contributed by atoms with E-state index < -0.39 is 6.03 Å². The number of likely N-dealkylation sites (tertiary alicyclic amines) is 1. The van der Waals surface area contributed by atoms with E-state index in [-0.39, 0.29) is 5.92 Å². The van der Waals surface area contributed by atoms with Crippen LogP contribution in [-0.2, 0) is 4.79 Å². The van der Waals surface area contributed by atoms with Crippen molar-refractivity contribution in [2.75, 3.05) is 19.6 Å². The van der Waals surface area contributed by atoms with Gasteiger partial charge in [0.25, 0.3) is 0 Å². The highest BCUT2D eigenvalue weighted by molar-refractivity contribution is 5.80. The summed E-state index contributed by atoms with van der Waals surface area (Å²) in [6, 6.07) is 0.480. The quantitative estimate of drug-likeness (QED) is 0.682. The van der Waals surface area contributed by atoms with Crippen LogP contribution in [0.5, 0.6) is 0 Å². The summed E-state index contributed by atoms with van der Waals surface area (Å²) in [7, 11) is 0. The van der Waals surface area contributed by atoms with Crippen molar-refractivity contribution in [3.8, 4) is 0 Å². The molecular formula is C14H24N4O2. The van der Waals surface area contributed by atoms with Gasteiger partial charge in [0.1, 0.15) is 0 Å². The normalized spacial score (nSPS) is 36.1. The zero-order valence-corrected chi connectivity index (χ0v) is 11.8. The number of piperidine rings is 1. The largest absolute Gasteiger partial charge is 0.352 e. The van der Waals surface area contributed by atoms with Crippen molar-refractivity contribution in [2.24, 2.45) is 17.6 Å². The Kier molecular flexibility index (Phi) is 3.83. The van der Waals surface area contributed by atoms with Gasteiger partial charge in [-0.05, 0) is 38.0 Å². The Morgan fingerprint density at radius 2 is 2.15 bits per heavy atom.